The van der Waals surface area contributed by atoms with Crippen LogP contribution in [0.2, 0.25) is 0 Å². The molecule has 13 heteroatoms. The molecule has 0 spiro atoms. The summed E-state index contributed by atoms with van der Waals surface area (Å²) in [7, 11) is -3.43. The molecule has 1 unspecified atom stereocenters. The number of sulfone groups is 1. The Hall–Kier alpha value is -4.00. The first-order chi connectivity index (χ1) is 17.5. The number of rotatable bonds is 5. The van der Waals surface area contributed by atoms with Gasteiger partial charge in [0.2, 0.25) is 0 Å². The number of fused-ring (bicyclic) bond motifs is 1. The summed E-state index contributed by atoms with van der Waals surface area (Å²) in [6, 6.07) is 7.96. The Morgan fingerprint density at radius 3 is 2.57 bits per heavy atom. The van der Waals surface area contributed by atoms with E-state index in [0.29, 0.717) is 41.0 Å². The molecule has 37 heavy (non-hydrogen) atoms. The Balaban J connectivity index is 1.60. The standard InChI is InChI=1S/C24H20F3N5O4S/c1-37(34,35)15-6-4-14(5-7-15)36-21-12-18-17(30-22(31-18)19-13-28-8-9-29-19)11-16(21)20-3-2-10-32(20)23(33)24(25,26)27/h4-9,11-13,20H,2-3,10H2,1H3,(H,30,31). The summed E-state index contributed by atoms with van der Waals surface area (Å²) in [5, 5.41) is 0. The van der Waals surface area contributed by atoms with Crippen molar-refractivity contribution in [3.05, 3.63) is 60.6 Å². The van der Waals surface area contributed by atoms with Gasteiger partial charge in [-0.3, -0.25) is 9.78 Å². The lowest BCUT2D eigenvalue weighted by Crippen LogP contribution is -2.40. The van der Waals surface area contributed by atoms with Crippen LogP contribution < -0.4 is 4.74 Å². The summed E-state index contributed by atoms with van der Waals surface area (Å²) in [5.41, 5.74) is 1.80. The van der Waals surface area contributed by atoms with Crippen LogP contribution in [0.5, 0.6) is 11.5 Å². The van der Waals surface area contributed by atoms with Crippen molar-refractivity contribution in [3.63, 3.8) is 0 Å². The number of halogens is 3. The molecule has 0 radical (unpaired) electrons. The molecule has 1 saturated heterocycles. The number of aromatic amines is 1. The van der Waals surface area contributed by atoms with E-state index >= 15 is 0 Å². The highest BCUT2D eigenvalue weighted by atomic mass is 32.2. The predicted molar refractivity (Wildman–Crippen MR) is 126 cm³/mol. The van der Waals surface area contributed by atoms with Gasteiger partial charge in [-0.1, -0.05) is 0 Å². The van der Waals surface area contributed by atoms with Gasteiger partial charge in [0.15, 0.2) is 15.7 Å². The summed E-state index contributed by atoms with van der Waals surface area (Å²) >= 11 is 0. The third kappa shape index (κ3) is 4.99. The normalized spacial score (nSPS) is 16.3. The van der Waals surface area contributed by atoms with Crippen molar-refractivity contribution in [2.24, 2.45) is 0 Å². The van der Waals surface area contributed by atoms with Gasteiger partial charge in [-0.15, -0.1) is 0 Å². The van der Waals surface area contributed by atoms with Crippen LogP contribution in [0.15, 0.2) is 59.9 Å². The Bertz CT molecular complexity index is 1570. The van der Waals surface area contributed by atoms with E-state index in [1.54, 1.807) is 12.1 Å². The van der Waals surface area contributed by atoms with E-state index in [-0.39, 0.29) is 22.9 Å². The zero-order valence-electron chi connectivity index (χ0n) is 19.4. The number of alkyl halides is 3. The lowest BCUT2D eigenvalue weighted by atomic mass is 10.0. The first-order valence-corrected chi connectivity index (χ1v) is 13.1. The fourth-order valence-electron chi connectivity index (χ4n) is 4.32. The first-order valence-electron chi connectivity index (χ1n) is 11.2. The first kappa shape index (κ1) is 24.7. The number of likely N-dealkylation sites (tertiary alicyclic amines) is 1. The number of carbonyl (C=O) groups is 1. The average molecular weight is 532 g/mol. The van der Waals surface area contributed by atoms with Crippen LogP contribution in [-0.2, 0) is 14.6 Å². The van der Waals surface area contributed by atoms with E-state index < -0.39 is 28.0 Å². The summed E-state index contributed by atoms with van der Waals surface area (Å²) < 4.78 is 69.5. The van der Waals surface area contributed by atoms with Crippen molar-refractivity contribution < 1.29 is 31.1 Å². The molecule has 9 nitrogen and oxygen atoms in total. The maximum absolute atomic E-state index is 13.3. The fourth-order valence-corrected chi connectivity index (χ4v) is 4.95. The molecule has 2 aromatic carbocycles. The predicted octanol–water partition coefficient (Wildman–Crippen LogP) is 4.44. The topological polar surface area (TPSA) is 118 Å². The molecule has 4 aromatic rings. The Morgan fingerprint density at radius 1 is 1.16 bits per heavy atom. The van der Waals surface area contributed by atoms with E-state index in [2.05, 4.69) is 19.9 Å². The molecule has 0 saturated carbocycles. The number of ether oxygens (including phenoxy) is 1. The second-order valence-corrected chi connectivity index (χ2v) is 10.6. The fraction of sp³-hybridized carbons (Fsp3) is 0.250. The van der Waals surface area contributed by atoms with E-state index in [1.165, 1.54) is 42.9 Å². The lowest BCUT2D eigenvalue weighted by molar-refractivity contribution is -0.186. The van der Waals surface area contributed by atoms with Crippen LogP contribution >= 0.6 is 0 Å². The number of benzene rings is 2. The van der Waals surface area contributed by atoms with Crippen LogP contribution in [-0.4, -0.2) is 58.1 Å². The van der Waals surface area contributed by atoms with Crippen LogP contribution in [0.4, 0.5) is 13.2 Å². The summed E-state index contributed by atoms with van der Waals surface area (Å²) in [6.45, 7) is -0.0443. The second kappa shape index (κ2) is 9.14. The highest BCUT2D eigenvalue weighted by Gasteiger charge is 2.46. The van der Waals surface area contributed by atoms with Crippen molar-refractivity contribution >= 4 is 26.8 Å². The third-order valence-corrected chi connectivity index (χ3v) is 7.14. The number of amides is 1. The molecule has 2 aromatic heterocycles. The number of imidazole rings is 1. The molecule has 0 bridgehead atoms. The zero-order valence-corrected chi connectivity index (χ0v) is 20.2. The molecule has 0 aliphatic carbocycles. The van der Waals surface area contributed by atoms with Crippen LogP contribution in [0.3, 0.4) is 0 Å². The van der Waals surface area contributed by atoms with Gasteiger partial charge in [0, 0.05) is 36.8 Å². The number of nitrogens with zero attached hydrogens (tertiary/aromatic N) is 4. The van der Waals surface area contributed by atoms with Crippen molar-refractivity contribution in [1.82, 2.24) is 24.8 Å². The lowest BCUT2D eigenvalue weighted by Gasteiger charge is -2.27. The Morgan fingerprint density at radius 2 is 1.92 bits per heavy atom. The minimum atomic E-state index is -5.01. The maximum atomic E-state index is 13.3. The highest BCUT2D eigenvalue weighted by molar-refractivity contribution is 7.90. The van der Waals surface area contributed by atoms with Crippen LogP contribution in [0.1, 0.15) is 24.4 Å². The molecule has 5 rings (SSSR count). The number of hydrogen-bond acceptors (Lipinski definition) is 7. The minimum Gasteiger partial charge on any atom is -0.457 e. The molecule has 1 atom stereocenters. The van der Waals surface area contributed by atoms with Crippen LogP contribution in [0.25, 0.3) is 22.6 Å². The monoisotopic (exact) mass is 531 g/mol. The van der Waals surface area contributed by atoms with E-state index in [9.17, 15) is 26.4 Å². The number of carbonyl (C=O) groups excluding carboxylic acids is 1. The minimum absolute atomic E-state index is 0.0443. The number of nitrogens with one attached hydrogen (secondary N) is 1. The third-order valence-electron chi connectivity index (χ3n) is 6.01. The highest BCUT2D eigenvalue weighted by Crippen LogP contribution is 2.42. The summed E-state index contributed by atoms with van der Waals surface area (Å²) in [5.74, 6) is -1.05. The van der Waals surface area contributed by atoms with E-state index in [0.717, 1.165) is 11.2 Å². The van der Waals surface area contributed by atoms with Gasteiger partial charge >= 0.3 is 12.1 Å². The molecule has 1 aliphatic heterocycles. The Kier molecular flexibility index (Phi) is 6.10. The summed E-state index contributed by atoms with van der Waals surface area (Å²) in [4.78, 5) is 28.9. The van der Waals surface area contributed by atoms with Gasteiger partial charge in [-0.2, -0.15) is 13.2 Å². The van der Waals surface area contributed by atoms with Gasteiger partial charge < -0.3 is 14.6 Å². The van der Waals surface area contributed by atoms with Gasteiger partial charge in [0.25, 0.3) is 0 Å². The molecule has 1 aliphatic rings. The number of aromatic nitrogens is 4. The molecular formula is C24H20F3N5O4S. The molecule has 3 heterocycles. The molecule has 1 fully saturated rings. The van der Waals surface area contributed by atoms with E-state index in [4.69, 9.17) is 4.74 Å². The number of hydrogen-bond donors (Lipinski definition) is 1. The van der Waals surface area contributed by atoms with Gasteiger partial charge in [0.1, 0.15) is 17.2 Å². The Labute approximate surface area is 209 Å². The second-order valence-electron chi connectivity index (χ2n) is 8.58. The molecular weight excluding hydrogens is 511 g/mol. The smallest absolute Gasteiger partial charge is 0.457 e. The summed E-state index contributed by atoms with van der Waals surface area (Å²) in [6.07, 6.45) is 1.29. The largest absolute Gasteiger partial charge is 0.471 e. The van der Waals surface area contributed by atoms with Crippen molar-refractivity contribution in [1.29, 1.82) is 0 Å². The molecule has 1 N–H and O–H groups in total. The number of H-pyrrole nitrogens is 1. The quantitative estimate of drug-likeness (QED) is 0.404. The zero-order chi connectivity index (χ0) is 26.4. The maximum Gasteiger partial charge on any atom is 0.471 e. The SMILES string of the molecule is CS(=O)(=O)c1ccc(Oc2cc3nc(-c4cnccn4)[nH]c3cc2C2CCCN2C(=O)C(F)(F)F)cc1. The van der Waals surface area contributed by atoms with Crippen LogP contribution in [0, 0.1) is 0 Å². The average Bonchev–Trinajstić information content (AvgIpc) is 3.50. The van der Waals surface area contributed by atoms with Crippen molar-refractivity contribution in [3.8, 4) is 23.0 Å². The van der Waals surface area contributed by atoms with E-state index in [1.807, 2.05) is 0 Å². The van der Waals surface area contributed by atoms with Crippen molar-refractivity contribution in [2.45, 2.75) is 30.0 Å². The van der Waals surface area contributed by atoms with Crippen molar-refractivity contribution in [2.75, 3.05) is 12.8 Å². The van der Waals surface area contributed by atoms with Gasteiger partial charge in [0.05, 0.1) is 28.2 Å². The van der Waals surface area contributed by atoms with Gasteiger partial charge in [-0.05, 0) is 43.2 Å². The molecule has 192 valence electrons. The molecule has 1 amide bonds. The van der Waals surface area contributed by atoms with Gasteiger partial charge in [-0.25, -0.2) is 18.4 Å².